The van der Waals surface area contributed by atoms with Crippen molar-refractivity contribution < 1.29 is 27.8 Å². The van der Waals surface area contributed by atoms with Crippen molar-refractivity contribution in [2.75, 3.05) is 26.1 Å². The number of nitrogens with one attached hydrogen (secondary N) is 1. The third kappa shape index (κ3) is 4.82. The lowest BCUT2D eigenvalue weighted by Gasteiger charge is -2.15. The first-order chi connectivity index (χ1) is 16.8. The van der Waals surface area contributed by atoms with Crippen molar-refractivity contribution >= 4 is 22.6 Å². The molecule has 0 saturated carbocycles. The number of aryl methyl sites for hydroxylation is 2. The molecule has 0 unspecified atom stereocenters. The van der Waals surface area contributed by atoms with Crippen LogP contribution in [0.25, 0.3) is 22.3 Å². The van der Waals surface area contributed by atoms with Crippen molar-refractivity contribution in [1.82, 2.24) is 0 Å². The van der Waals surface area contributed by atoms with Gasteiger partial charge < -0.3 is 23.9 Å². The second-order valence-corrected chi connectivity index (χ2v) is 7.93. The molecule has 0 bridgehead atoms. The number of methoxy groups -OCH3 is 2. The Morgan fingerprint density at radius 2 is 1.74 bits per heavy atom. The van der Waals surface area contributed by atoms with E-state index in [0.717, 1.165) is 11.1 Å². The number of anilines is 1. The Kier molecular flexibility index (Phi) is 6.73. The number of carbonyl (C=O) groups excluding carboxylic acids is 1. The van der Waals surface area contributed by atoms with E-state index < -0.39 is 23.8 Å². The molecular weight excluding hydrogens is 453 g/mol. The van der Waals surface area contributed by atoms with E-state index >= 15 is 0 Å². The van der Waals surface area contributed by atoms with Gasteiger partial charge in [0.2, 0.25) is 11.2 Å². The standard InChI is InChI=1S/C27H24FNO6/c1-15-11-16(2)25-18(12-15)24(31)27(34-14-23(30)29-20-8-6-5-7-19(20)28)26(35-25)17-9-10-21(32-3)22(13-17)33-4/h5-13H,14H2,1-4H3,(H,29,30). The molecule has 0 radical (unpaired) electrons. The van der Waals surface area contributed by atoms with Crippen LogP contribution in [0.4, 0.5) is 10.1 Å². The minimum Gasteiger partial charge on any atom is -0.493 e. The van der Waals surface area contributed by atoms with Gasteiger partial charge in [0, 0.05) is 5.56 Å². The summed E-state index contributed by atoms with van der Waals surface area (Å²) in [6.45, 7) is 3.19. The maximum atomic E-state index is 13.9. The zero-order chi connectivity index (χ0) is 25.1. The molecule has 180 valence electrons. The number of fused-ring (bicyclic) bond motifs is 1. The van der Waals surface area contributed by atoms with Gasteiger partial charge in [0.05, 0.1) is 25.3 Å². The lowest BCUT2D eigenvalue weighted by atomic mass is 10.0. The Morgan fingerprint density at radius 3 is 2.46 bits per heavy atom. The lowest BCUT2D eigenvalue weighted by molar-refractivity contribution is -0.118. The molecular formula is C27H24FNO6. The van der Waals surface area contributed by atoms with Crippen molar-refractivity contribution in [1.29, 1.82) is 0 Å². The number of halogens is 1. The minimum absolute atomic E-state index is 0.0120. The first-order valence-electron chi connectivity index (χ1n) is 10.8. The number of hydrogen-bond donors (Lipinski definition) is 1. The summed E-state index contributed by atoms with van der Waals surface area (Å²) in [5.74, 6) is -0.293. The monoisotopic (exact) mass is 477 g/mol. The van der Waals surface area contributed by atoms with E-state index in [1.165, 1.54) is 32.4 Å². The molecule has 0 saturated heterocycles. The van der Waals surface area contributed by atoms with Crippen LogP contribution in [0.1, 0.15) is 11.1 Å². The van der Waals surface area contributed by atoms with Crippen LogP contribution in [0.3, 0.4) is 0 Å². The summed E-state index contributed by atoms with van der Waals surface area (Å²) in [6, 6.07) is 14.4. The van der Waals surface area contributed by atoms with Crippen LogP contribution < -0.4 is 25.0 Å². The van der Waals surface area contributed by atoms with Crippen molar-refractivity contribution in [2.24, 2.45) is 0 Å². The Bertz CT molecular complexity index is 1480. The molecule has 1 amide bonds. The molecule has 1 N–H and O–H groups in total. The largest absolute Gasteiger partial charge is 0.493 e. The summed E-state index contributed by atoms with van der Waals surface area (Å²) in [5, 5.41) is 2.77. The topological polar surface area (TPSA) is 87.0 Å². The van der Waals surface area contributed by atoms with Gasteiger partial charge in [0.1, 0.15) is 11.4 Å². The normalized spacial score (nSPS) is 10.8. The quantitative estimate of drug-likeness (QED) is 0.391. The van der Waals surface area contributed by atoms with Crippen LogP contribution in [0.15, 0.2) is 63.8 Å². The van der Waals surface area contributed by atoms with Crippen LogP contribution >= 0.6 is 0 Å². The Morgan fingerprint density at radius 1 is 1.00 bits per heavy atom. The SMILES string of the molecule is COc1ccc(-c2oc3c(C)cc(C)cc3c(=O)c2OCC(=O)Nc2ccccc2F)cc1OC. The molecule has 0 fully saturated rings. The van der Waals surface area contributed by atoms with Crippen molar-refractivity contribution in [3.8, 4) is 28.6 Å². The van der Waals surface area contributed by atoms with E-state index in [4.69, 9.17) is 18.6 Å². The second-order valence-electron chi connectivity index (χ2n) is 7.93. The van der Waals surface area contributed by atoms with Crippen LogP contribution in [-0.4, -0.2) is 26.7 Å². The number of hydrogen-bond acceptors (Lipinski definition) is 6. The van der Waals surface area contributed by atoms with E-state index in [0.29, 0.717) is 28.0 Å². The fourth-order valence-electron chi connectivity index (χ4n) is 3.82. The number of benzene rings is 3. The van der Waals surface area contributed by atoms with Crippen molar-refractivity contribution in [3.05, 3.63) is 81.8 Å². The second kappa shape index (κ2) is 9.89. The minimum atomic E-state index is -0.631. The summed E-state index contributed by atoms with van der Waals surface area (Å²) in [7, 11) is 3.01. The molecule has 4 rings (SSSR count). The fourth-order valence-corrected chi connectivity index (χ4v) is 3.82. The molecule has 0 aliphatic rings. The van der Waals surface area contributed by atoms with Gasteiger partial charge in [-0.25, -0.2) is 4.39 Å². The number of ether oxygens (including phenoxy) is 3. The molecule has 0 spiro atoms. The predicted octanol–water partition coefficient (Wildman–Crippen LogP) is 5.25. The predicted molar refractivity (Wildman–Crippen MR) is 131 cm³/mol. The molecule has 0 atom stereocenters. The summed E-state index contributed by atoms with van der Waals surface area (Å²) < 4.78 is 36.5. The fraction of sp³-hybridized carbons (Fsp3) is 0.185. The first-order valence-corrected chi connectivity index (χ1v) is 10.8. The highest BCUT2D eigenvalue weighted by atomic mass is 19.1. The maximum Gasteiger partial charge on any atom is 0.262 e. The number of para-hydroxylation sites is 1. The van der Waals surface area contributed by atoms with Gasteiger partial charge in [-0.15, -0.1) is 0 Å². The van der Waals surface area contributed by atoms with Gasteiger partial charge in [0.25, 0.3) is 5.91 Å². The highest BCUT2D eigenvalue weighted by Gasteiger charge is 2.21. The van der Waals surface area contributed by atoms with Crippen molar-refractivity contribution in [3.63, 3.8) is 0 Å². The van der Waals surface area contributed by atoms with Gasteiger partial charge in [-0.2, -0.15) is 0 Å². The average Bonchev–Trinajstić information content (AvgIpc) is 2.84. The van der Waals surface area contributed by atoms with Gasteiger partial charge >= 0.3 is 0 Å². The highest BCUT2D eigenvalue weighted by Crippen LogP contribution is 2.37. The van der Waals surface area contributed by atoms with Crippen LogP contribution in [-0.2, 0) is 4.79 Å². The zero-order valence-corrected chi connectivity index (χ0v) is 19.7. The van der Waals surface area contributed by atoms with Crippen LogP contribution in [0.2, 0.25) is 0 Å². The molecule has 0 aliphatic heterocycles. The Hall–Kier alpha value is -4.33. The first kappa shape index (κ1) is 23.8. The van der Waals surface area contributed by atoms with E-state index in [1.54, 1.807) is 30.3 Å². The zero-order valence-electron chi connectivity index (χ0n) is 19.7. The molecule has 0 aliphatic carbocycles. The number of rotatable bonds is 7. The lowest BCUT2D eigenvalue weighted by Crippen LogP contribution is -2.23. The third-order valence-electron chi connectivity index (χ3n) is 5.42. The molecule has 7 nitrogen and oxygen atoms in total. The third-order valence-corrected chi connectivity index (χ3v) is 5.42. The van der Waals surface area contributed by atoms with E-state index in [1.807, 2.05) is 19.9 Å². The molecule has 1 aromatic heterocycles. The van der Waals surface area contributed by atoms with Gasteiger partial charge in [-0.3, -0.25) is 9.59 Å². The number of carbonyl (C=O) groups is 1. The van der Waals surface area contributed by atoms with E-state index in [9.17, 15) is 14.0 Å². The molecule has 3 aromatic carbocycles. The summed E-state index contributed by atoms with van der Waals surface area (Å²) >= 11 is 0. The molecule has 1 heterocycles. The molecule has 35 heavy (non-hydrogen) atoms. The smallest absolute Gasteiger partial charge is 0.262 e. The Labute approximate surface area is 201 Å². The van der Waals surface area contributed by atoms with E-state index in [-0.39, 0.29) is 17.2 Å². The van der Waals surface area contributed by atoms with Crippen molar-refractivity contribution in [2.45, 2.75) is 13.8 Å². The Balaban J connectivity index is 1.79. The van der Waals surface area contributed by atoms with Gasteiger partial charge in [0.15, 0.2) is 23.9 Å². The summed E-state index contributed by atoms with van der Waals surface area (Å²) in [4.78, 5) is 26.0. The highest BCUT2D eigenvalue weighted by molar-refractivity contribution is 5.92. The average molecular weight is 477 g/mol. The number of amides is 1. The van der Waals surface area contributed by atoms with Gasteiger partial charge in [-0.05, 0) is 61.4 Å². The summed E-state index contributed by atoms with van der Waals surface area (Å²) in [6.07, 6.45) is 0. The summed E-state index contributed by atoms with van der Waals surface area (Å²) in [5.41, 5.74) is 2.14. The molecule has 8 heteroatoms. The van der Waals surface area contributed by atoms with Crippen LogP contribution in [0.5, 0.6) is 17.2 Å². The van der Waals surface area contributed by atoms with E-state index in [2.05, 4.69) is 5.32 Å². The van der Waals surface area contributed by atoms with Gasteiger partial charge in [-0.1, -0.05) is 18.2 Å². The maximum absolute atomic E-state index is 13.9. The van der Waals surface area contributed by atoms with Crippen LogP contribution in [0, 0.1) is 19.7 Å². The molecule has 4 aromatic rings.